The summed E-state index contributed by atoms with van der Waals surface area (Å²) in [6, 6.07) is 28.8. The summed E-state index contributed by atoms with van der Waals surface area (Å²) in [7, 11) is -1.15. The summed E-state index contributed by atoms with van der Waals surface area (Å²) in [4.78, 5) is 55.6. The Hall–Kier alpha value is -4.93. The molecule has 12 nitrogen and oxygen atoms in total. The van der Waals surface area contributed by atoms with Gasteiger partial charge in [-0.15, -0.1) is 10.1 Å². The average molecular weight is 982 g/mol. The molecule has 1 aliphatic heterocycles. The molecular formula is C43H34FNO11P2S5. The van der Waals surface area contributed by atoms with E-state index in [2.05, 4.69) is 4.84 Å². The predicted octanol–water partition coefficient (Wildman–Crippen LogP) is 9.75. The Morgan fingerprint density at radius 1 is 0.825 bits per heavy atom. The molecular weight excluding hydrogens is 948 g/mol. The van der Waals surface area contributed by atoms with Crippen molar-refractivity contribution >= 4 is 111 Å². The number of aromatic hydroxyl groups is 1. The Kier molecular flexibility index (Phi) is 14.2. The van der Waals surface area contributed by atoms with E-state index in [4.69, 9.17) is 37.8 Å². The van der Waals surface area contributed by atoms with Crippen LogP contribution in [0.2, 0.25) is 0 Å². The van der Waals surface area contributed by atoms with E-state index in [0.29, 0.717) is 21.6 Å². The Labute approximate surface area is 380 Å². The quantitative estimate of drug-likeness (QED) is 0.0263. The van der Waals surface area contributed by atoms with Crippen molar-refractivity contribution in [2.75, 3.05) is 12.9 Å². The summed E-state index contributed by atoms with van der Waals surface area (Å²) in [5.41, 5.74) is 3.80. The number of benzene rings is 5. The molecule has 1 aliphatic carbocycles. The van der Waals surface area contributed by atoms with E-state index in [9.17, 15) is 38.2 Å². The third kappa shape index (κ3) is 10.9. The summed E-state index contributed by atoms with van der Waals surface area (Å²) in [6.07, 6.45) is 2.91. The summed E-state index contributed by atoms with van der Waals surface area (Å²) < 4.78 is 39.2. The monoisotopic (exact) mass is 981 g/mol. The molecule has 1 atom stereocenters. The predicted molar refractivity (Wildman–Crippen MR) is 253 cm³/mol. The van der Waals surface area contributed by atoms with E-state index in [1.165, 1.54) is 30.3 Å². The van der Waals surface area contributed by atoms with Crippen LogP contribution in [0.5, 0.6) is 23.0 Å². The SMILES string of the molecule is CC1=C(CC(=O)Oc2ccc(OC(=O)CCCO[N+](=O)[O-])c(C(=O)Oc3ccc(P4(=S)SP(=S)(c5ccc(O)cc5)S4)cc3)c2)c2cc(F)ccc2/C1=C\c1ccc(S(C)=O)cc1. The molecule has 0 saturated carbocycles. The Morgan fingerprint density at radius 3 is 2.10 bits per heavy atom. The van der Waals surface area contributed by atoms with Crippen LogP contribution in [0.1, 0.15) is 53.2 Å². The van der Waals surface area contributed by atoms with Crippen molar-refractivity contribution < 1.29 is 52.2 Å². The highest BCUT2D eigenvalue weighted by molar-refractivity contribution is 9.48. The number of hydrogen-bond donors (Lipinski definition) is 1. The molecule has 1 heterocycles. The van der Waals surface area contributed by atoms with Crippen LogP contribution in [0, 0.1) is 15.9 Å². The molecule has 1 unspecified atom stereocenters. The number of rotatable bonds is 15. The zero-order valence-electron chi connectivity index (χ0n) is 33.1. The van der Waals surface area contributed by atoms with Gasteiger partial charge < -0.3 is 24.2 Å². The number of nitrogens with zero attached hydrogens (tertiary/aromatic N) is 1. The van der Waals surface area contributed by atoms with Crippen LogP contribution in [0.15, 0.2) is 120 Å². The minimum absolute atomic E-state index is 0.0405. The highest BCUT2D eigenvalue weighted by Crippen LogP contribution is 3.04. The molecule has 0 aromatic heterocycles. The number of phenols is 1. The lowest BCUT2D eigenvalue weighted by Crippen LogP contribution is -2.16. The van der Waals surface area contributed by atoms with E-state index in [-0.39, 0.29) is 54.4 Å². The van der Waals surface area contributed by atoms with Gasteiger partial charge in [-0.1, -0.05) is 63.8 Å². The molecule has 20 heteroatoms. The fraction of sp³-hybridized carbons (Fsp3) is 0.140. The van der Waals surface area contributed by atoms with Gasteiger partial charge in [0.1, 0.15) is 34.4 Å². The topological polar surface area (TPSA) is 169 Å². The van der Waals surface area contributed by atoms with Gasteiger partial charge in [0, 0.05) is 39.0 Å². The van der Waals surface area contributed by atoms with E-state index >= 15 is 0 Å². The molecule has 5 aromatic rings. The van der Waals surface area contributed by atoms with Crippen LogP contribution < -0.4 is 24.8 Å². The molecule has 0 spiro atoms. The lowest BCUT2D eigenvalue weighted by molar-refractivity contribution is -0.757. The lowest BCUT2D eigenvalue weighted by atomic mass is 10.0. The Balaban J connectivity index is 1.09. The third-order valence-electron chi connectivity index (χ3n) is 9.61. The molecule has 1 N–H and O–H groups in total. The summed E-state index contributed by atoms with van der Waals surface area (Å²) >= 11 is 15.2. The van der Waals surface area contributed by atoms with Crippen molar-refractivity contribution in [3.05, 3.63) is 153 Å². The van der Waals surface area contributed by atoms with Crippen LogP contribution in [0.3, 0.4) is 0 Å². The minimum Gasteiger partial charge on any atom is -0.508 e. The number of carbonyl (C=O) groups excluding carboxylic acids is 3. The number of hydrogen-bond acceptors (Lipinski definition) is 15. The molecule has 0 radical (unpaired) electrons. The zero-order valence-corrected chi connectivity index (χ0v) is 39.0. The summed E-state index contributed by atoms with van der Waals surface area (Å²) in [6.45, 7) is 1.47. The van der Waals surface area contributed by atoms with Crippen LogP contribution >= 0.6 is 30.9 Å². The Morgan fingerprint density at radius 2 is 1.46 bits per heavy atom. The van der Waals surface area contributed by atoms with Crippen molar-refractivity contribution in [3.63, 3.8) is 0 Å². The first-order valence-electron chi connectivity index (χ1n) is 18.7. The molecule has 0 amide bonds. The first-order valence-corrected chi connectivity index (χ1v) is 30.0. The van der Waals surface area contributed by atoms with Crippen molar-refractivity contribution in [1.29, 1.82) is 0 Å². The fourth-order valence-corrected chi connectivity index (χ4v) is 49.3. The van der Waals surface area contributed by atoms with Gasteiger partial charge in [-0.3, -0.25) is 13.8 Å². The van der Waals surface area contributed by atoms with Crippen molar-refractivity contribution in [2.24, 2.45) is 0 Å². The highest BCUT2D eigenvalue weighted by atomic mass is 33.7. The maximum atomic E-state index is 14.6. The normalized spacial score (nSPS) is 18.8. The van der Waals surface area contributed by atoms with Gasteiger partial charge in [0.2, 0.25) is 0 Å². The number of halogens is 1. The molecule has 5 aromatic carbocycles. The van der Waals surface area contributed by atoms with Gasteiger partial charge in [0.25, 0.3) is 5.09 Å². The van der Waals surface area contributed by atoms with Crippen molar-refractivity contribution in [2.45, 2.75) is 31.1 Å². The largest absolute Gasteiger partial charge is 0.508 e. The molecule has 1 saturated heterocycles. The molecule has 1 fully saturated rings. The maximum Gasteiger partial charge on any atom is 0.347 e. The second-order valence-corrected chi connectivity index (χ2v) is 36.5. The third-order valence-corrected chi connectivity index (χ3v) is 41.8. The molecule has 324 valence electrons. The summed E-state index contributed by atoms with van der Waals surface area (Å²) in [5, 5.41) is 21.0. The number of esters is 3. The lowest BCUT2D eigenvalue weighted by Gasteiger charge is -2.40. The number of fused-ring (bicyclic) bond motifs is 1. The molecule has 0 bridgehead atoms. The maximum absolute atomic E-state index is 14.6. The van der Waals surface area contributed by atoms with Crippen molar-refractivity contribution in [1.82, 2.24) is 0 Å². The van der Waals surface area contributed by atoms with Gasteiger partial charge in [-0.05, 0) is 144 Å². The van der Waals surface area contributed by atoms with Gasteiger partial charge in [-0.2, -0.15) is 0 Å². The van der Waals surface area contributed by atoms with Gasteiger partial charge in [-0.25, -0.2) is 9.18 Å². The molecule has 63 heavy (non-hydrogen) atoms. The van der Waals surface area contributed by atoms with Gasteiger partial charge in [0.15, 0.2) is 0 Å². The molecule has 2 aliphatic rings. The zero-order chi connectivity index (χ0) is 45.1. The first-order chi connectivity index (χ1) is 30.0. The van der Waals surface area contributed by atoms with Crippen LogP contribution in [0.4, 0.5) is 4.39 Å². The van der Waals surface area contributed by atoms with Crippen LogP contribution in [-0.2, 0) is 48.8 Å². The average Bonchev–Trinajstić information content (AvgIpc) is 3.47. The number of allylic oxidation sites excluding steroid dienone is 2. The fourth-order valence-electron chi connectivity index (χ4n) is 6.54. The second kappa shape index (κ2) is 19.4. The second-order valence-electron chi connectivity index (χ2n) is 13.9. The molecule has 7 rings (SSSR count). The van der Waals surface area contributed by atoms with E-state index in [1.807, 2.05) is 37.3 Å². The number of carbonyl (C=O) groups is 3. The van der Waals surface area contributed by atoms with Crippen LogP contribution in [0.25, 0.3) is 17.2 Å². The van der Waals surface area contributed by atoms with Crippen molar-refractivity contribution in [3.8, 4) is 23.0 Å². The number of ether oxygens (including phenoxy) is 3. The van der Waals surface area contributed by atoms with Gasteiger partial charge in [0.05, 0.1) is 21.9 Å². The van der Waals surface area contributed by atoms with E-state index in [1.54, 1.807) is 82.9 Å². The minimum atomic E-state index is -2.16. The first kappa shape index (κ1) is 46.1. The van der Waals surface area contributed by atoms with Crippen LogP contribution in [-0.4, -0.2) is 45.2 Å². The van der Waals surface area contributed by atoms with E-state index < -0.39 is 48.5 Å². The van der Waals surface area contributed by atoms with Gasteiger partial charge >= 0.3 is 17.9 Å². The number of phenolic OH excluding ortho intramolecular Hbond substituents is 1. The van der Waals surface area contributed by atoms with E-state index in [0.717, 1.165) is 27.3 Å². The highest BCUT2D eigenvalue weighted by Gasteiger charge is 2.46. The summed E-state index contributed by atoms with van der Waals surface area (Å²) in [5.74, 6) is -3.00. The smallest absolute Gasteiger partial charge is 0.347 e. The Bertz CT molecular complexity index is 2840. The standard InChI is InChI=1S/C43H34FNO11P2S5/c1-26-36(22-27-5-17-34(18-6-27)63(2)52)35-19-7-28(44)23-38(35)37(26)25-42(48)54-31-12-20-40(56-41(47)4-3-21-53-45(50)51)39(24-31)43(49)55-30-10-15-33(16-11-30)58(60)61-57(59,62-58)32-13-8-29(46)9-14-32/h5-20,22-24,46H,3-4,21,25H2,1-2H3/b36-22-.